The van der Waals surface area contributed by atoms with Crippen molar-refractivity contribution >= 4 is 28.1 Å². The zero-order valence-electron chi connectivity index (χ0n) is 12.8. The van der Waals surface area contributed by atoms with Crippen LogP contribution in [0.25, 0.3) is 10.8 Å². The summed E-state index contributed by atoms with van der Waals surface area (Å²) < 4.78 is 5.09. The molecular formula is C18H14N2O4. The average molecular weight is 322 g/mol. The zero-order chi connectivity index (χ0) is 17.1. The Morgan fingerprint density at radius 1 is 1.04 bits per heavy atom. The number of hydrogen-bond acceptors (Lipinski definition) is 5. The minimum Gasteiger partial charge on any atom is -0.507 e. The monoisotopic (exact) mass is 322 g/mol. The van der Waals surface area contributed by atoms with Crippen molar-refractivity contribution in [3.05, 3.63) is 60.2 Å². The molecule has 2 N–H and O–H groups in total. The van der Waals surface area contributed by atoms with Crippen molar-refractivity contribution in [2.24, 2.45) is 10.2 Å². The lowest BCUT2D eigenvalue weighted by atomic mass is 10.0. The third-order valence-corrected chi connectivity index (χ3v) is 3.55. The van der Waals surface area contributed by atoms with E-state index in [0.29, 0.717) is 22.1 Å². The molecule has 0 aliphatic heterocycles. The summed E-state index contributed by atoms with van der Waals surface area (Å²) in [5.41, 5.74) is 1.04. The van der Waals surface area contributed by atoms with Crippen LogP contribution >= 0.6 is 0 Å². The first kappa shape index (κ1) is 15.5. The lowest BCUT2D eigenvalue weighted by Crippen LogP contribution is -1.96. The Bertz CT molecular complexity index is 934. The van der Waals surface area contributed by atoms with E-state index in [9.17, 15) is 9.90 Å². The number of fused-ring (bicyclic) bond motifs is 1. The average Bonchev–Trinajstić information content (AvgIpc) is 2.59. The second-order valence-corrected chi connectivity index (χ2v) is 5.07. The maximum Gasteiger partial charge on any atom is 0.339 e. The number of phenols is 1. The Kier molecular flexibility index (Phi) is 4.11. The Morgan fingerprint density at radius 2 is 1.79 bits per heavy atom. The van der Waals surface area contributed by atoms with Gasteiger partial charge in [-0.3, -0.25) is 0 Å². The molecule has 0 bridgehead atoms. The van der Waals surface area contributed by atoms with Gasteiger partial charge in [-0.05, 0) is 47.9 Å². The fourth-order valence-corrected chi connectivity index (χ4v) is 2.32. The molecular weight excluding hydrogens is 308 g/mol. The van der Waals surface area contributed by atoms with Crippen molar-refractivity contribution in [1.29, 1.82) is 0 Å². The topological polar surface area (TPSA) is 91.5 Å². The highest BCUT2D eigenvalue weighted by atomic mass is 16.5. The highest BCUT2D eigenvalue weighted by Crippen LogP contribution is 2.32. The van der Waals surface area contributed by atoms with Gasteiger partial charge >= 0.3 is 5.97 Å². The molecule has 0 aliphatic carbocycles. The Balaban J connectivity index is 2.01. The van der Waals surface area contributed by atoms with E-state index in [1.54, 1.807) is 49.6 Å². The molecule has 120 valence electrons. The van der Waals surface area contributed by atoms with E-state index in [1.165, 1.54) is 12.1 Å². The van der Waals surface area contributed by atoms with E-state index in [1.807, 2.05) is 0 Å². The molecule has 3 rings (SSSR count). The van der Waals surface area contributed by atoms with Crippen molar-refractivity contribution in [1.82, 2.24) is 0 Å². The number of aromatic carboxylic acids is 1. The highest BCUT2D eigenvalue weighted by Gasteiger charge is 2.12. The molecule has 6 nitrogen and oxygen atoms in total. The summed E-state index contributed by atoms with van der Waals surface area (Å²) in [6.45, 7) is 0. The Labute approximate surface area is 137 Å². The summed E-state index contributed by atoms with van der Waals surface area (Å²) in [6, 6.07) is 15.2. The molecule has 0 saturated carbocycles. The van der Waals surface area contributed by atoms with Crippen LogP contribution in [-0.4, -0.2) is 23.3 Å². The summed E-state index contributed by atoms with van der Waals surface area (Å²) in [6.07, 6.45) is 0. The molecule has 0 unspecified atom stereocenters. The molecule has 6 heteroatoms. The van der Waals surface area contributed by atoms with Crippen LogP contribution < -0.4 is 4.74 Å². The molecule has 24 heavy (non-hydrogen) atoms. The summed E-state index contributed by atoms with van der Waals surface area (Å²) in [5, 5.41) is 28.6. The molecule has 3 aromatic rings. The van der Waals surface area contributed by atoms with E-state index in [0.717, 1.165) is 5.75 Å². The number of azo groups is 1. The number of rotatable bonds is 4. The van der Waals surface area contributed by atoms with Gasteiger partial charge in [0.1, 0.15) is 17.1 Å². The van der Waals surface area contributed by atoms with Crippen LogP contribution in [0.1, 0.15) is 10.4 Å². The number of aromatic hydroxyl groups is 1. The van der Waals surface area contributed by atoms with Crippen molar-refractivity contribution < 1.29 is 19.7 Å². The third kappa shape index (κ3) is 3.03. The highest BCUT2D eigenvalue weighted by molar-refractivity contribution is 6.01. The third-order valence-electron chi connectivity index (χ3n) is 3.55. The molecule has 0 spiro atoms. The molecule has 0 radical (unpaired) electrons. The fraction of sp³-hybridized carbons (Fsp3) is 0.0556. The first-order chi connectivity index (χ1) is 11.6. The van der Waals surface area contributed by atoms with Gasteiger partial charge in [-0.2, -0.15) is 5.11 Å². The second kappa shape index (κ2) is 6.37. The number of methoxy groups -OCH3 is 1. The normalized spacial score (nSPS) is 11.0. The van der Waals surface area contributed by atoms with E-state index >= 15 is 0 Å². The van der Waals surface area contributed by atoms with Crippen LogP contribution in [0, 0.1) is 0 Å². The second-order valence-electron chi connectivity index (χ2n) is 5.07. The quantitative estimate of drug-likeness (QED) is 0.683. The number of carbonyl (C=O) groups is 1. The molecule has 0 amide bonds. The van der Waals surface area contributed by atoms with Gasteiger partial charge < -0.3 is 14.9 Å². The van der Waals surface area contributed by atoms with Gasteiger partial charge in [-0.1, -0.05) is 12.1 Å². The number of nitrogens with zero attached hydrogens (tertiary/aromatic N) is 2. The molecule has 3 aromatic carbocycles. The molecule has 0 aromatic heterocycles. The largest absolute Gasteiger partial charge is 0.507 e. The van der Waals surface area contributed by atoms with Gasteiger partial charge in [0.2, 0.25) is 0 Å². The summed E-state index contributed by atoms with van der Waals surface area (Å²) in [7, 11) is 1.59. The van der Waals surface area contributed by atoms with Gasteiger partial charge in [0, 0.05) is 5.39 Å². The van der Waals surface area contributed by atoms with E-state index < -0.39 is 5.97 Å². The minimum absolute atomic E-state index is 0.147. The summed E-state index contributed by atoms with van der Waals surface area (Å²) in [5.74, 6) is -0.757. The van der Waals surface area contributed by atoms with Gasteiger partial charge in [0.25, 0.3) is 0 Å². The first-order valence-electron chi connectivity index (χ1n) is 7.13. The van der Waals surface area contributed by atoms with Crippen LogP contribution in [0.2, 0.25) is 0 Å². The lowest BCUT2D eigenvalue weighted by Gasteiger charge is -2.05. The van der Waals surface area contributed by atoms with E-state index in [-0.39, 0.29) is 11.3 Å². The van der Waals surface area contributed by atoms with Gasteiger partial charge in [-0.25, -0.2) is 4.79 Å². The zero-order valence-corrected chi connectivity index (χ0v) is 12.8. The van der Waals surface area contributed by atoms with Gasteiger partial charge in [-0.15, -0.1) is 5.11 Å². The summed E-state index contributed by atoms with van der Waals surface area (Å²) in [4.78, 5) is 11.1. The van der Waals surface area contributed by atoms with Crippen LogP contribution in [-0.2, 0) is 0 Å². The van der Waals surface area contributed by atoms with Crippen LogP contribution in [0.5, 0.6) is 11.5 Å². The maximum absolute atomic E-state index is 11.1. The van der Waals surface area contributed by atoms with Crippen molar-refractivity contribution in [2.45, 2.75) is 0 Å². The Morgan fingerprint density at radius 3 is 2.46 bits per heavy atom. The maximum atomic E-state index is 11.1. The smallest absolute Gasteiger partial charge is 0.339 e. The number of ether oxygens (including phenoxy) is 1. The van der Waals surface area contributed by atoms with Crippen LogP contribution in [0.15, 0.2) is 64.8 Å². The lowest BCUT2D eigenvalue weighted by molar-refractivity contribution is 0.0694. The van der Waals surface area contributed by atoms with E-state index in [2.05, 4.69) is 10.2 Å². The van der Waals surface area contributed by atoms with Crippen LogP contribution in [0.3, 0.4) is 0 Å². The number of carboxylic acids is 1. The molecule has 0 atom stereocenters. The predicted molar refractivity (Wildman–Crippen MR) is 89.7 cm³/mol. The molecule has 0 aliphatic rings. The van der Waals surface area contributed by atoms with Crippen LogP contribution in [0.4, 0.5) is 11.4 Å². The molecule has 0 heterocycles. The molecule has 0 saturated heterocycles. The molecule has 0 fully saturated rings. The first-order valence-corrected chi connectivity index (χ1v) is 7.13. The van der Waals surface area contributed by atoms with Gasteiger partial charge in [0.15, 0.2) is 0 Å². The minimum atomic E-state index is -1.18. The summed E-state index contributed by atoms with van der Waals surface area (Å²) >= 11 is 0. The van der Waals surface area contributed by atoms with Crippen molar-refractivity contribution in [3.8, 4) is 11.5 Å². The predicted octanol–water partition coefficient (Wildman–Crippen LogP) is 4.67. The number of benzene rings is 3. The van der Waals surface area contributed by atoms with Gasteiger partial charge in [0.05, 0.1) is 18.5 Å². The van der Waals surface area contributed by atoms with E-state index in [4.69, 9.17) is 9.84 Å². The Hall–Kier alpha value is -3.41. The van der Waals surface area contributed by atoms with Crippen molar-refractivity contribution in [2.75, 3.05) is 7.11 Å². The number of carboxylic acid groups (broad SMARTS) is 1. The fourth-order valence-electron chi connectivity index (χ4n) is 2.32. The SMILES string of the molecule is COc1ccc(N=Nc2cccc3cc(C(=O)O)c(O)cc23)cc1. The standard InChI is InChI=1S/C18H14N2O4/c1-24-13-7-5-12(6-8-13)19-20-16-4-2-3-11-9-15(18(22)23)17(21)10-14(11)16/h2-10,21H,1H3,(H,22,23). The number of hydrogen-bond donors (Lipinski definition) is 2. The van der Waals surface area contributed by atoms with Crippen molar-refractivity contribution in [3.63, 3.8) is 0 Å².